The molecule has 1 aromatic rings. The maximum atomic E-state index is 10.6. The van der Waals surface area contributed by atoms with Gasteiger partial charge in [-0.3, -0.25) is 0 Å². The van der Waals surface area contributed by atoms with Crippen molar-refractivity contribution in [2.75, 3.05) is 0 Å². The van der Waals surface area contributed by atoms with Gasteiger partial charge in [-0.1, -0.05) is 19.3 Å². The standard InChI is InChI=1S/C15H21NO2/c1-11-10-13(8-9-15(17)18)12(2)16(11)14-6-4-3-5-7-14/h8-10,14H,3-7H2,1-2H3,(H,17,18)/b9-8+. The van der Waals surface area contributed by atoms with Gasteiger partial charge in [0.25, 0.3) is 0 Å². The summed E-state index contributed by atoms with van der Waals surface area (Å²) in [6.45, 7) is 4.20. The first kappa shape index (κ1) is 12.9. The lowest BCUT2D eigenvalue weighted by Gasteiger charge is -2.26. The molecule has 3 nitrogen and oxygen atoms in total. The summed E-state index contributed by atoms with van der Waals surface area (Å²) in [4.78, 5) is 10.6. The maximum Gasteiger partial charge on any atom is 0.328 e. The topological polar surface area (TPSA) is 42.2 Å². The second-order valence-electron chi connectivity index (χ2n) is 5.16. The molecule has 0 radical (unpaired) electrons. The Morgan fingerprint density at radius 2 is 2.00 bits per heavy atom. The maximum absolute atomic E-state index is 10.6. The molecule has 0 saturated heterocycles. The van der Waals surface area contributed by atoms with Gasteiger partial charge in [-0.05, 0) is 44.4 Å². The summed E-state index contributed by atoms with van der Waals surface area (Å²) < 4.78 is 2.39. The molecule has 0 amide bonds. The molecular weight excluding hydrogens is 226 g/mol. The van der Waals surface area contributed by atoms with Crippen LogP contribution in [0.1, 0.15) is 55.1 Å². The van der Waals surface area contributed by atoms with Crippen LogP contribution in [0.4, 0.5) is 0 Å². The number of aryl methyl sites for hydroxylation is 1. The van der Waals surface area contributed by atoms with Gasteiger partial charge in [-0.15, -0.1) is 0 Å². The monoisotopic (exact) mass is 247 g/mol. The molecule has 1 saturated carbocycles. The van der Waals surface area contributed by atoms with E-state index in [9.17, 15) is 4.79 Å². The van der Waals surface area contributed by atoms with E-state index in [0.29, 0.717) is 6.04 Å². The lowest BCUT2D eigenvalue weighted by molar-refractivity contribution is -0.131. The molecule has 1 heterocycles. The zero-order chi connectivity index (χ0) is 13.1. The Balaban J connectivity index is 2.28. The van der Waals surface area contributed by atoms with Crippen molar-refractivity contribution >= 4 is 12.0 Å². The van der Waals surface area contributed by atoms with Gasteiger partial charge in [0.1, 0.15) is 0 Å². The predicted molar refractivity (Wildman–Crippen MR) is 72.7 cm³/mol. The first-order chi connectivity index (χ1) is 8.59. The van der Waals surface area contributed by atoms with Crippen LogP contribution in [-0.4, -0.2) is 15.6 Å². The van der Waals surface area contributed by atoms with Crippen molar-refractivity contribution in [3.63, 3.8) is 0 Å². The number of rotatable bonds is 3. The number of aliphatic carboxylic acids is 1. The minimum absolute atomic E-state index is 0.603. The molecule has 0 bridgehead atoms. The second-order valence-corrected chi connectivity index (χ2v) is 5.16. The normalized spacial score (nSPS) is 17.4. The third kappa shape index (κ3) is 2.66. The van der Waals surface area contributed by atoms with Crippen molar-refractivity contribution in [3.05, 3.63) is 29.1 Å². The van der Waals surface area contributed by atoms with Gasteiger partial charge in [-0.25, -0.2) is 4.79 Å². The Bertz CT molecular complexity index is 465. The zero-order valence-electron chi connectivity index (χ0n) is 11.1. The van der Waals surface area contributed by atoms with E-state index in [1.807, 2.05) is 0 Å². The van der Waals surface area contributed by atoms with Crippen molar-refractivity contribution in [1.82, 2.24) is 4.57 Å². The smallest absolute Gasteiger partial charge is 0.328 e. The molecule has 2 rings (SSSR count). The third-order valence-corrected chi connectivity index (χ3v) is 3.87. The first-order valence-electron chi connectivity index (χ1n) is 6.69. The van der Waals surface area contributed by atoms with E-state index in [1.165, 1.54) is 49.6 Å². The summed E-state index contributed by atoms with van der Waals surface area (Å²) in [7, 11) is 0. The molecule has 1 aliphatic carbocycles. The largest absolute Gasteiger partial charge is 0.478 e. The number of carboxylic acid groups (broad SMARTS) is 1. The lowest BCUT2D eigenvalue weighted by atomic mass is 9.95. The number of aromatic nitrogens is 1. The minimum atomic E-state index is -0.891. The fraction of sp³-hybridized carbons (Fsp3) is 0.533. The molecule has 1 N–H and O–H groups in total. The van der Waals surface area contributed by atoms with Crippen LogP contribution in [0, 0.1) is 13.8 Å². The van der Waals surface area contributed by atoms with Crippen molar-refractivity contribution in [3.8, 4) is 0 Å². The molecule has 1 aliphatic rings. The van der Waals surface area contributed by atoms with Crippen molar-refractivity contribution in [1.29, 1.82) is 0 Å². The Labute approximate surface area is 108 Å². The minimum Gasteiger partial charge on any atom is -0.478 e. The van der Waals surface area contributed by atoms with Gasteiger partial charge >= 0.3 is 5.97 Å². The average Bonchev–Trinajstić information content (AvgIpc) is 2.63. The Morgan fingerprint density at radius 3 is 2.61 bits per heavy atom. The van der Waals surface area contributed by atoms with Crippen LogP contribution >= 0.6 is 0 Å². The number of hydrogen-bond donors (Lipinski definition) is 1. The number of carboxylic acids is 1. The molecule has 18 heavy (non-hydrogen) atoms. The highest BCUT2D eigenvalue weighted by Crippen LogP contribution is 2.32. The summed E-state index contributed by atoms with van der Waals surface area (Å²) in [5.74, 6) is -0.891. The molecule has 3 heteroatoms. The van der Waals surface area contributed by atoms with Gasteiger partial charge in [0.05, 0.1) is 0 Å². The molecule has 0 unspecified atom stereocenters. The van der Waals surface area contributed by atoms with Gasteiger partial charge in [0.15, 0.2) is 0 Å². The highest BCUT2D eigenvalue weighted by atomic mass is 16.4. The van der Waals surface area contributed by atoms with Crippen LogP contribution in [0.3, 0.4) is 0 Å². The lowest BCUT2D eigenvalue weighted by Crippen LogP contribution is -2.15. The summed E-state index contributed by atoms with van der Waals surface area (Å²) in [6.07, 6.45) is 9.37. The number of hydrogen-bond acceptors (Lipinski definition) is 1. The quantitative estimate of drug-likeness (QED) is 0.827. The van der Waals surface area contributed by atoms with Crippen LogP contribution in [0.2, 0.25) is 0 Å². The van der Waals surface area contributed by atoms with E-state index < -0.39 is 5.97 Å². The highest BCUT2D eigenvalue weighted by molar-refractivity contribution is 5.85. The van der Waals surface area contributed by atoms with Gasteiger partial charge in [0.2, 0.25) is 0 Å². The predicted octanol–water partition coefficient (Wildman–Crippen LogP) is 3.71. The first-order valence-corrected chi connectivity index (χ1v) is 6.69. The Morgan fingerprint density at radius 1 is 1.33 bits per heavy atom. The average molecular weight is 247 g/mol. The Hall–Kier alpha value is -1.51. The van der Waals surface area contributed by atoms with E-state index in [2.05, 4.69) is 24.5 Å². The third-order valence-electron chi connectivity index (χ3n) is 3.87. The molecule has 0 atom stereocenters. The molecule has 0 aromatic carbocycles. The molecule has 0 spiro atoms. The van der Waals surface area contributed by atoms with Gasteiger partial charge < -0.3 is 9.67 Å². The van der Waals surface area contributed by atoms with Crippen molar-refractivity contribution < 1.29 is 9.90 Å². The second kappa shape index (κ2) is 5.42. The summed E-state index contributed by atoms with van der Waals surface area (Å²) >= 11 is 0. The zero-order valence-corrected chi connectivity index (χ0v) is 11.1. The van der Waals surface area contributed by atoms with E-state index >= 15 is 0 Å². The molecule has 0 aliphatic heterocycles. The van der Waals surface area contributed by atoms with Crippen LogP contribution in [-0.2, 0) is 4.79 Å². The fourth-order valence-electron chi connectivity index (χ4n) is 3.03. The van der Waals surface area contributed by atoms with Crippen LogP contribution in [0.5, 0.6) is 0 Å². The fourth-order valence-corrected chi connectivity index (χ4v) is 3.03. The summed E-state index contributed by atoms with van der Waals surface area (Å²) in [5, 5.41) is 8.70. The van der Waals surface area contributed by atoms with E-state index in [4.69, 9.17) is 5.11 Å². The highest BCUT2D eigenvalue weighted by Gasteiger charge is 2.19. The summed E-state index contributed by atoms with van der Waals surface area (Å²) in [5.41, 5.74) is 3.46. The molecule has 98 valence electrons. The van der Waals surface area contributed by atoms with Crippen LogP contribution in [0.15, 0.2) is 12.1 Å². The van der Waals surface area contributed by atoms with E-state index in [1.54, 1.807) is 6.08 Å². The van der Waals surface area contributed by atoms with Gasteiger partial charge in [0, 0.05) is 23.5 Å². The molecule has 1 aromatic heterocycles. The van der Waals surface area contributed by atoms with Crippen LogP contribution < -0.4 is 0 Å². The van der Waals surface area contributed by atoms with Crippen molar-refractivity contribution in [2.24, 2.45) is 0 Å². The van der Waals surface area contributed by atoms with E-state index in [-0.39, 0.29) is 0 Å². The number of nitrogens with zero attached hydrogens (tertiary/aromatic N) is 1. The van der Waals surface area contributed by atoms with Crippen LogP contribution in [0.25, 0.3) is 6.08 Å². The SMILES string of the molecule is Cc1cc(/C=C/C(=O)O)c(C)n1C1CCCCC1. The summed E-state index contributed by atoms with van der Waals surface area (Å²) in [6, 6.07) is 2.69. The Kier molecular flexibility index (Phi) is 3.90. The molecular formula is C15H21NO2. The van der Waals surface area contributed by atoms with E-state index in [0.717, 1.165) is 5.56 Å². The van der Waals surface area contributed by atoms with Gasteiger partial charge in [-0.2, -0.15) is 0 Å². The number of carbonyl (C=O) groups is 1. The molecule has 1 fully saturated rings. The van der Waals surface area contributed by atoms with Crippen molar-refractivity contribution in [2.45, 2.75) is 52.0 Å².